The van der Waals surface area contributed by atoms with Crippen molar-refractivity contribution in [2.75, 3.05) is 0 Å². The van der Waals surface area contributed by atoms with E-state index in [0.29, 0.717) is 0 Å². The third-order valence-electron chi connectivity index (χ3n) is 10.4. The molecule has 1 unspecified atom stereocenters. The zero-order valence-electron chi connectivity index (χ0n) is 27.6. The molecule has 0 saturated heterocycles. The highest BCUT2D eigenvalue weighted by Crippen LogP contribution is 2.43. The van der Waals surface area contributed by atoms with E-state index in [0.717, 1.165) is 6.42 Å². The molecule has 1 aliphatic rings. The van der Waals surface area contributed by atoms with Crippen LogP contribution in [-0.4, -0.2) is 9.13 Å². The summed E-state index contributed by atoms with van der Waals surface area (Å²) in [5, 5.41) is 5.11. The van der Waals surface area contributed by atoms with Crippen LogP contribution in [0.15, 0.2) is 188 Å². The van der Waals surface area contributed by atoms with Gasteiger partial charge in [0.25, 0.3) is 0 Å². The number of nitrogens with zero attached hydrogens (tertiary/aromatic N) is 2. The standard InChI is InChI=1S/C48H34N2/c1-3-15-33(16-4-1)35-27-36(34-17-5-2-6-18-34)29-37(28-35)38-30-39(49-45-23-11-7-19-41(45)42-20-8-12-24-46(42)49)32-40(31-38)50-47-25-13-9-21-43(47)44-22-10-14-26-48(44)50/h1-30,32,38H,31H2. The first-order valence-electron chi connectivity index (χ1n) is 17.5. The van der Waals surface area contributed by atoms with Crippen LogP contribution in [0.5, 0.6) is 0 Å². The van der Waals surface area contributed by atoms with E-state index in [1.165, 1.54) is 82.8 Å². The molecule has 0 bridgehead atoms. The molecule has 1 atom stereocenters. The summed E-state index contributed by atoms with van der Waals surface area (Å²) in [6, 6.07) is 64.1. The Hall–Kier alpha value is -6.38. The minimum absolute atomic E-state index is 0.135. The second kappa shape index (κ2) is 11.6. The molecule has 2 aromatic heterocycles. The van der Waals surface area contributed by atoms with Gasteiger partial charge in [0, 0.05) is 38.9 Å². The van der Waals surface area contributed by atoms with Crippen molar-refractivity contribution >= 4 is 55.0 Å². The molecule has 2 nitrogen and oxygen atoms in total. The minimum atomic E-state index is 0.135. The largest absolute Gasteiger partial charge is 0.313 e. The van der Waals surface area contributed by atoms with Gasteiger partial charge in [-0.15, -0.1) is 0 Å². The minimum Gasteiger partial charge on any atom is -0.313 e. The number of allylic oxidation sites excluding steroid dienone is 4. The van der Waals surface area contributed by atoms with Gasteiger partial charge in [-0.05, 0) is 70.6 Å². The van der Waals surface area contributed by atoms with Crippen molar-refractivity contribution in [3.05, 3.63) is 194 Å². The average Bonchev–Trinajstić information content (AvgIpc) is 3.71. The van der Waals surface area contributed by atoms with Crippen LogP contribution in [0.3, 0.4) is 0 Å². The van der Waals surface area contributed by atoms with E-state index in [9.17, 15) is 0 Å². The lowest BCUT2D eigenvalue weighted by molar-refractivity contribution is 0.834. The van der Waals surface area contributed by atoms with Crippen molar-refractivity contribution in [2.24, 2.45) is 0 Å². The fraction of sp³-hybridized carbons (Fsp3) is 0.0417. The van der Waals surface area contributed by atoms with E-state index in [2.05, 4.69) is 197 Å². The van der Waals surface area contributed by atoms with Gasteiger partial charge in [0.2, 0.25) is 0 Å². The van der Waals surface area contributed by atoms with Crippen LogP contribution in [0.4, 0.5) is 0 Å². The Balaban J connectivity index is 1.25. The van der Waals surface area contributed by atoms with Gasteiger partial charge in [0.05, 0.1) is 22.1 Å². The smallest absolute Gasteiger partial charge is 0.0540 e. The highest BCUT2D eigenvalue weighted by Gasteiger charge is 2.25. The van der Waals surface area contributed by atoms with Gasteiger partial charge < -0.3 is 9.13 Å². The molecule has 0 fully saturated rings. The molecular weight excluding hydrogens is 605 g/mol. The first kappa shape index (κ1) is 28.6. The molecule has 0 amide bonds. The lowest BCUT2D eigenvalue weighted by Crippen LogP contribution is -2.11. The Bertz CT molecular complexity index is 2610. The van der Waals surface area contributed by atoms with Crippen molar-refractivity contribution in [1.82, 2.24) is 9.13 Å². The summed E-state index contributed by atoms with van der Waals surface area (Å²) in [6.07, 6.45) is 5.82. The van der Waals surface area contributed by atoms with Gasteiger partial charge >= 0.3 is 0 Å². The Kier molecular flexibility index (Phi) is 6.67. The Labute approximate surface area is 291 Å². The van der Waals surface area contributed by atoms with Gasteiger partial charge in [-0.1, -0.05) is 152 Å². The molecule has 0 aliphatic heterocycles. The fourth-order valence-electron chi connectivity index (χ4n) is 8.17. The van der Waals surface area contributed by atoms with Crippen molar-refractivity contribution < 1.29 is 0 Å². The van der Waals surface area contributed by atoms with Crippen molar-refractivity contribution in [2.45, 2.75) is 12.3 Å². The maximum Gasteiger partial charge on any atom is 0.0540 e. The lowest BCUT2D eigenvalue weighted by atomic mass is 9.85. The number of rotatable bonds is 5. The number of aromatic nitrogens is 2. The molecule has 2 heteroatoms. The lowest BCUT2D eigenvalue weighted by Gasteiger charge is -2.26. The molecule has 2 heterocycles. The van der Waals surface area contributed by atoms with Crippen LogP contribution >= 0.6 is 0 Å². The molecule has 0 spiro atoms. The van der Waals surface area contributed by atoms with Crippen molar-refractivity contribution in [3.8, 4) is 22.3 Å². The number of benzene rings is 7. The number of para-hydroxylation sites is 4. The Morgan fingerprint density at radius 1 is 0.380 bits per heavy atom. The molecule has 236 valence electrons. The summed E-state index contributed by atoms with van der Waals surface area (Å²) in [7, 11) is 0. The van der Waals surface area contributed by atoms with E-state index in [4.69, 9.17) is 0 Å². The average molecular weight is 639 g/mol. The van der Waals surface area contributed by atoms with E-state index in [1.807, 2.05) is 0 Å². The summed E-state index contributed by atoms with van der Waals surface area (Å²) in [5.74, 6) is 0.135. The molecule has 0 N–H and O–H groups in total. The van der Waals surface area contributed by atoms with Crippen molar-refractivity contribution in [3.63, 3.8) is 0 Å². The van der Waals surface area contributed by atoms with Gasteiger partial charge in [-0.25, -0.2) is 0 Å². The van der Waals surface area contributed by atoms with Crippen LogP contribution < -0.4 is 0 Å². The molecule has 7 aromatic carbocycles. The zero-order valence-corrected chi connectivity index (χ0v) is 27.6. The predicted octanol–water partition coefficient (Wildman–Crippen LogP) is 12.8. The summed E-state index contributed by atoms with van der Waals surface area (Å²) in [6.45, 7) is 0. The van der Waals surface area contributed by atoms with Gasteiger partial charge in [0.15, 0.2) is 0 Å². The molecule has 50 heavy (non-hydrogen) atoms. The van der Waals surface area contributed by atoms with E-state index in [-0.39, 0.29) is 5.92 Å². The first-order chi connectivity index (χ1) is 24.8. The van der Waals surface area contributed by atoms with E-state index in [1.54, 1.807) is 0 Å². The fourth-order valence-corrected chi connectivity index (χ4v) is 8.17. The second-order valence-electron chi connectivity index (χ2n) is 13.4. The van der Waals surface area contributed by atoms with Crippen molar-refractivity contribution in [1.29, 1.82) is 0 Å². The molecule has 0 saturated carbocycles. The topological polar surface area (TPSA) is 9.86 Å². The van der Waals surface area contributed by atoms with Crippen LogP contribution in [-0.2, 0) is 0 Å². The maximum atomic E-state index is 2.51. The highest BCUT2D eigenvalue weighted by atomic mass is 15.0. The molecular formula is C48H34N2. The molecule has 1 aliphatic carbocycles. The molecule has 9 aromatic rings. The summed E-state index contributed by atoms with van der Waals surface area (Å²) in [4.78, 5) is 0. The summed E-state index contributed by atoms with van der Waals surface area (Å²) in [5.41, 5.74) is 13.7. The molecule has 0 radical (unpaired) electrons. The first-order valence-corrected chi connectivity index (χ1v) is 17.5. The Morgan fingerprint density at radius 3 is 1.24 bits per heavy atom. The van der Waals surface area contributed by atoms with Gasteiger partial charge in [0.1, 0.15) is 0 Å². The monoisotopic (exact) mass is 638 g/mol. The number of hydrogen-bond donors (Lipinski definition) is 0. The third-order valence-corrected chi connectivity index (χ3v) is 10.4. The SMILES string of the molecule is C1=C(n2c3ccccc3c3ccccc32)C=C(n2c3ccccc3c3ccccc32)CC1c1cc(-c2ccccc2)cc(-c2ccccc2)c1. The van der Waals surface area contributed by atoms with E-state index < -0.39 is 0 Å². The number of fused-ring (bicyclic) bond motifs is 6. The highest BCUT2D eigenvalue weighted by molar-refractivity contribution is 6.12. The zero-order chi connectivity index (χ0) is 33.0. The predicted molar refractivity (Wildman–Crippen MR) is 212 cm³/mol. The summed E-state index contributed by atoms with van der Waals surface area (Å²) < 4.78 is 4.99. The van der Waals surface area contributed by atoms with Crippen LogP contribution in [0.1, 0.15) is 17.9 Å². The van der Waals surface area contributed by atoms with Gasteiger partial charge in [-0.3, -0.25) is 0 Å². The van der Waals surface area contributed by atoms with Crippen LogP contribution in [0, 0.1) is 0 Å². The van der Waals surface area contributed by atoms with Crippen LogP contribution in [0.2, 0.25) is 0 Å². The summed E-state index contributed by atoms with van der Waals surface area (Å²) >= 11 is 0. The second-order valence-corrected chi connectivity index (χ2v) is 13.4. The van der Waals surface area contributed by atoms with E-state index >= 15 is 0 Å². The Morgan fingerprint density at radius 2 is 0.780 bits per heavy atom. The molecule has 10 rings (SSSR count). The normalized spacial score (nSPS) is 14.8. The maximum absolute atomic E-state index is 2.51. The third kappa shape index (κ3) is 4.64. The quantitative estimate of drug-likeness (QED) is 0.178. The number of hydrogen-bond acceptors (Lipinski definition) is 0. The van der Waals surface area contributed by atoms with Crippen LogP contribution in [0.25, 0.3) is 77.3 Å². The van der Waals surface area contributed by atoms with Gasteiger partial charge in [-0.2, -0.15) is 0 Å².